The van der Waals surface area contributed by atoms with Crippen LogP contribution in [0.5, 0.6) is 0 Å². The highest BCUT2D eigenvalue weighted by Crippen LogP contribution is 2.49. The molecule has 178 valence electrons. The highest BCUT2D eigenvalue weighted by Gasteiger charge is 2.29. The van der Waals surface area contributed by atoms with Crippen molar-refractivity contribution in [3.8, 4) is 0 Å². The molecule has 5 nitrogen and oxygen atoms in total. The van der Waals surface area contributed by atoms with Crippen LogP contribution < -0.4 is 4.90 Å². The number of hydrogen-bond acceptors (Lipinski definition) is 6. The molecule has 1 unspecified atom stereocenters. The third-order valence-electron chi connectivity index (χ3n) is 6.07. The Morgan fingerprint density at radius 3 is 2.39 bits per heavy atom. The largest absolute Gasteiger partial charge is 0.373 e. The third-order valence-corrected chi connectivity index (χ3v) is 7.53. The van der Waals surface area contributed by atoms with Gasteiger partial charge < -0.3 is 19.3 Å². The Morgan fingerprint density at radius 1 is 0.970 bits per heavy atom. The summed E-state index contributed by atoms with van der Waals surface area (Å²) in [7, 11) is 1.64. The van der Waals surface area contributed by atoms with Gasteiger partial charge in [0.2, 0.25) is 0 Å². The Morgan fingerprint density at radius 2 is 1.67 bits per heavy atom. The Labute approximate surface area is 200 Å². The van der Waals surface area contributed by atoms with E-state index in [0.717, 1.165) is 79.7 Å². The van der Waals surface area contributed by atoms with Gasteiger partial charge in [0.05, 0.1) is 18.0 Å². The normalized spacial score (nSPS) is 17.0. The fraction of sp³-hybridized carbons (Fsp3) is 0.458. The standard InChI is InChI=1S/C24H30F2N3O2PS/c25-24(26,32)19-6-7-23-21(18-19)29(20-4-1-2-5-22(20)33-23)9-3-8-27-10-12-28(13-11-27)14-16-31-17-15-30/h1-2,4-7,15,18H,3,8-14,16-17,32H2. The predicted molar refractivity (Wildman–Crippen MR) is 132 cm³/mol. The van der Waals surface area contributed by atoms with Gasteiger partial charge in [-0.05, 0) is 37.2 Å². The van der Waals surface area contributed by atoms with E-state index in [9.17, 15) is 13.6 Å². The smallest absolute Gasteiger partial charge is 0.283 e. The quantitative estimate of drug-likeness (QED) is 0.277. The summed E-state index contributed by atoms with van der Waals surface area (Å²) in [5.41, 5.74) is -0.984. The highest BCUT2D eigenvalue weighted by atomic mass is 32.2. The van der Waals surface area contributed by atoms with Crippen molar-refractivity contribution >= 4 is 38.7 Å². The van der Waals surface area contributed by atoms with Crippen LogP contribution in [0.4, 0.5) is 20.2 Å². The minimum absolute atomic E-state index is 0.0180. The molecule has 0 amide bonds. The van der Waals surface area contributed by atoms with Crippen LogP contribution in [0, 0.1) is 0 Å². The second kappa shape index (κ2) is 11.2. The number of carbonyl (C=O) groups is 1. The molecule has 0 spiro atoms. The Hall–Kier alpha value is -1.57. The van der Waals surface area contributed by atoms with Gasteiger partial charge in [0.1, 0.15) is 12.9 Å². The lowest BCUT2D eigenvalue weighted by atomic mass is 10.1. The first kappa shape index (κ1) is 24.6. The van der Waals surface area contributed by atoms with E-state index in [0.29, 0.717) is 6.61 Å². The van der Waals surface area contributed by atoms with Gasteiger partial charge in [-0.2, -0.15) is 8.78 Å². The summed E-state index contributed by atoms with van der Waals surface area (Å²) in [6.07, 6.45) is 1.73. The SMILES string of the molecule is O=CCOCCN1CCN(CCCN2c3ccccc3Sc3ccc(C(F)(F)P)cc32)CC1. The van der Waals surface area contributed by atoms with Crippen molar-refractivity contribution in [1.29, 1.82) is 0 Å². The highest BCUT2D eigenvalue weighted by molar-refractivity contribution is 7.99. The number of halogens is 2. The number of rotatable bonds is 10. The van der Waals surface area contributed by atoms with Crippen LogP contribution in [0.25, 0.3) is 0 Å². The molecule has 2 heterocycles. The number of anilines is 2. The van der Waals surface area contributed by atoms with E-state index in [-0.39, 0.29) is 12.2 Å². The number of hydrogen-bond donors (Lipinski definition) is 0. The predicted octanol–water partition coefficient (Wildman–Crippen LogP) is 4.44. The minimum atomic E-state index is -2.94. The van der Waals surface area contributed by atoms with Gasteiger partial charge in [0.25, 0.3) is 5.66 Å². The van der Waals surface area contributed by atoms with Crippen molar-refractivity contribution in [3.63, 3.8) is 0 Å². The summed E-state index contributed by atoms with van der Waals surface area (Å²) >= 11 is 1.64. The summed E-state index contributed by atoms with van der Waals surface area (Å²) in [4.78, 5) is 19.5. The topological polar surface area (TPSA) is 36.0 Å². The summed E-state index contributed by atoms with van der Waals surface area (Å²) in [6, 6.07) is 13.2. The zero-order valence-electron chi connectivity index (χ0n) is 18.6. The van der Waals surface area contributed by atoms with Crippen LogP contribution >= 0.6 is 21.0 Å². The molecule has 33 heavy (non-hydrogen) atoms. The maximum Gasteiger partial charge on any atom is 0.283 e. The number of fused-ring (bicyclic) bond motifs is 2. The van der Waals surface area contributed by atoms with Gasteiger partial charge in [-0.3, -0.25) is 4.90 Å². The van der Waals surface area contributed by atoms with Gasteiger partial charge >= 0.3 is 0 Å². The lowest BCUT2D eigenvalue weighted by Gasteiger charge is -2.36. The second-order valence-corrected chi connectivity index (χ2v) is 10.1. The summed E-state index contributed by atoms with van der Waals surface area (Å²) in [5.74, 6) is 0. The molecular formula is C24H30F2N3O2PS. The van der Waals surface area contributed by atoms with E-state index in [1.807, 2.05) is 18.2 Å². The van der Waals surface area contributed by atoms with Gasteiger partial charge in [0.15, 0.2) is 0 Å². The lowest BCUT2D eigenvalue weighted by Crippen LogP contribution is -2.47. The van der Waals surface area contributed by atoms with Crippen LogP contribution in [0.2, 0.25) is 0 Å². The first-order valence-electron chi connectivity index (χ1n) is 11.3. The number of benzene rings is 2. The molecule has 9 heteroatoms. The third kappa shape index (κ3) is 6.31. The molecule has 0 aromatic heterocycles. The number of aldehydes is 1. The van der Waals surface area contributed by atoms with E-state index < -0.39 is 5.66 Å². The van der Waals surface area contributed by atoms with Crippen molar-refractivity contribution < 1.29 is 18.3 Å². The molecule has 0 bridgehead atoms. The van der Waals surface area contributed by atoms with E-state index in [2.05, 4.69) is 26.8 Å². The fourth-order valence-corrected chi connectivity index (χ4v) is 5.55. The average molecular weight is 494 g/mol. The summed E-state index contributed by atoms with van der Waals surface area (Å²) < 4.78 is 33.2. The molecule has 1 atom stereocenters. The maximum atomic E-state index is 14.0. The number of para-hydroxylation sites is 1. The molecule has 0 saturated carbocycles. The summed E-state index contributed by atoms with van der Waals surface area (Å²) in [5, 5.41) is 0. The van der Waals surface area contributed by atoms with Crippen molar-refractivity contribution in [2.75, 3.05) is 63.9 Å². The molecule has 4 rings (SSSR count). The van der Waals surface area contributed by atoms with E-state index in [4.69, 9.17) is 4.74 Å². The Bertz CT molecular complexity index is 952. The van der Waals surface area contributed by atoms with Gasteiger partial charge in [0, 0.05) is 54.6 Å². The van der Waals surface area contributed by atoms with E-state index in [1.54, 1.807) is 27.1 Å². The number of nitrogens with zero attached hydrogens (tertiary/aromatic N) is 3. The van der Waals surface area contributed by atoms with Crippen molar-refractivity contribution in [3.05, 3.63) is 48.0 Å². The van der Waals surface area contributed by atoms with Crippen LogP contribution in [-0.4, -0.2) is 75.1 Å². The summed E-state index contributed by atoms with van der Waals surface area (Å²) in [6.45, 7) is 7.32. The monoisotopic (exact) mass is 493 g/mol. The van der Waals surface area contributed by atoms with E-state index >= 15 is 0 Å². The number of carbonyl (C=O) groups excluding carboxylic acids is 1. The van der Waals surface area contributed by atoms with Gasteiger partial charge in [-0.25, -0.2) is 0 Å². The average Bonchev–Trinajstić information content (AvgIpc) is 2.81. The molecule has 2 aliphatic rings. The number of piperazine rings is 1. The molecule has 0 radical (unpaired) electrons. The minimum Gasteiger partial charge on any atom is -0.373 e. The number of ether oxygens (including phenoxy) is 1. The van der Waals surface area contributed by atoms with Crippen molar-refractivity contribution in [2.24, 2.45) is 0 Å². The zero-order valence-corrected chi connectivity index (χ0v) is 20.6. The Balaban J connectivity index is 1.36. The Kier molecular flexibility index (Phi) is 8.36. The van der Waals surface area contributed by atoms with Crippen LogP contribution in [0.3, 0.4) is 0 Å². The molecule has 2 aromatic rings. The lowest BCUT2D eigenvalue weighted by molar-refractivity contribution is -0.112. The van der Waals surface area contributed by atoms with Gasteiger partial charge in [-0.1, -0.05) is 39.2 Å². The van der Waals surface area contributed by atoms with E-state index in [1.165, 1.54) is 6.07 Å². The van der Waals surface area contributed by atoms with Crippen LogP contribution in [-0.2, 0) is 15.2 Å². The fourth-order valence-electron chi connectivity index (χ4n) is 4.29. The first-order valence-corrected chi connectivity index (χ1v) is 12.7. The molecule has 1 fully saturated rings. The van der Waals surface area contributed by atoms with Gasteiger partial charge in [-0.15, -0.1) is 0 Å². The zero-order chi connectivity index (χ0) is 23.3. The molecule has 0 N–H and O–H groups in total. The number of alkyl halides is 2. The maximum absolute atomic E-state index is 14.0. The molecule has 2 aromatic carbocycles. The molecular weight excluding hydrogens is 463 g/mol. The van der Waals surface area contributed by atoms with Crippen LogP contribution in [0.1, 0.15) is 12.0 Å². The van der Waals surface area contributed by atoms with Crippen molar-refractivity contribution in [1.82, 2.24) is 9.80 Å². The van der Waals surface area contributed by atoms with Crippen molar-refractivity contribution in [2.45, 2.75) is 21.9 Å². The molecule has 0 aliphatic carbocycles. The second-order valence-electron chi connectivity index (χ2n) is 8.31. The van der Waals surface area contributed by atoms with Crippen LogP contribution in [0.15, 0.2) is 52.3 Å². The molecule has 1 saturated heterocycles. The molecule has 2 aliphatic heterocycles. The first-order chi connectivity index (χ1) is 16.0.